The van der Waals surface area contributed by atoms with E-state index in [1.54, 1.807) is 28.8 Å². The van der Waals surface area contributed by atoms with Crippen LogP contribution < -0.4 is 5.32 Å². The lowest BCUT2D eigenvalue weighted by atomic mass is 10.6. The van der Waals surface area contributed by atoms with Crippen molar-refractivity contribution in [2.75, 3.05) is 11.9 Å². The third-order valence-corrected chi connectivity index (χ3v) is 1.72. The summed E-state index contributed by atoms with van der Waals surface area (Å²) in [5.74, 6) is 0.644. The molecule has 0 unspecified atom stereocenters. The molecule has 74 valence electrons. The minimum absolute atomic E-state index is 0.644. The summed E-state index contributed by atoms with van der Waals surface area (Å²) in [4.78, 5) is 0. The van der Waals surface area contributed by atoms with Crippen molar-refractivity contribution in [2.24, 2.45) is 7.05 Å². The molecule has 0 atom stereocenters. The number of nitrogens with one attached hydrogen (secondary N) is 1. The lowest BCUT2D eigenvalue weighted by molar-refractivity contribution is 0.605. The second-order valence-electron chi connectivity index (χ2n) is 2.72. The van der Waals surface area contributed by atoms with Gasteiger partial charge in [-0.05, 0) is 10.4 Å². The number of rotatable bonds is 4. The number of aryl methyl sites for hydroxylation is 1. The van der Waals surface area contributed by atoms with Gasteiger partial charge in [-0.2, -0.15) is 0 Å². The summed E-state index contributed by atoms with van der Waals surface area (Å²) in [6.45, 7) is 1.43. The Hall–Kier alpha value is -1.99. The molecule has 8 nitrogen and oxygen atoms in total. The second-order valence-corrected chi connectivity index (χ2v) is 2.72. The van der Waals surface area contributed by atoms with Crippen molar-refractivity contribution in [3.05, 3.63) is 12.4 Å². The molecule has 2 heterocycles. The van der Waals surface area contributed by atoms with E-state index < -0.39 is 0 Å². The van der Waals surface area contributed by atoms with Gasteiger partial charge in [-0.25, -0.2) is 4.68 Å². The number of tetrazole rings is 1. The molecule has 0 aliphatic rings. The summed E-state index contributed by atoms with van der Waals surface area (Å²) in [6.07, 6.45) is 3.44. The molecule has 0 aliphatic carbocycles. The van der Waals surface area contributed by atoms with E-state index in [0.29, 0.717) is 12.5 Å². The number of anilines is 1. The quantitative estimate of drug-likeness (QED) is 0.665. The fourth-order valence-corrected chi connectivity index (χ4v) is 1.01. The summed E-state index contributed by atoms with van der Waals surface area (Å²) < 4.78 is 3.30. The van der Waals surface area contributed by atoms with Crippen molar-refractivity contribution in [3.63, 3.8) is 0 Å². The molecule has 0 aliphatic heterocycles. The Labute approximate surface area is 79.9 Å². The van der Waals surface area contributed by atoms with Crippen LogP contribution in [0.2, 0.25) is 0 Å². The van der Waals surface area contributed by atoms with E-state index in [1.807, 2.05) is 0 Å². The third kappa shape index (κ3) is 1.84. The topological polar surface area (TPSA) is 86.3 Å². The zero-order valence-corrected chi connectivity index (χ0v) is 7.70. The average Bonchev–Trinajstić information content (AvgIpc) is 2.78. The summed E-state index contributed by atoms with van der Waals surface area (Å²) in [6, 6.07) is 0. The van der Waals surface area contributed by atoms with Gasteiger partial charge in [-0.3, -0.25) is 4.68 Å². The number of hydrogen-bond acceptors (Lipinski definition) is 6. The summed E-state index contributed by atoms with van der Waals surface area (Å²) in [7, 11) is 1.78. The first-order valence-electron chi connectivity index (χ1n) is 4.16. The van der Waals surface area contributed by atoms with E-state index >= 15 is 0 Å². The molecule has 0 spiro atoms. The number of aromatic nitrogens is 7. The van der Waals surface area contributed by atoms with Crippen LogP contribution in [0.4, 0.5) is 5.95 Å². The standard InChI is InChI=1S/C6H10N8/c1-13-6(9-10-12-13)7-2-4-14-5-3-8-11-14/h3,5H,2,4H2,1H3,(H,7,9,12). The molecule has 0 fully saturated rings. The van der Waals surface area contributed by atoms with Gasteiger partial charge in [0.2, 0.25) is 5.95 Å². The molecular formula is C6H10N8. The van der Waals surface area contributed by atoms with Crippen molar-refractivity contribution in [1.82, 2.24) is 35.2 Å². The van der Waals surface area contributed by atoms with Crippen LogP contribution in [0.15, 0.2) is 12.4 Å². The minimum Gasteiger partial charge on any atom is -0.351 e. The maximum absolute atomic E-state index is 3.83. The molecule has 0 saturated carbocycles. The van der Waals surface area contributed by atoms with Gasteiger partial charge in [-0.1, -0.05) is 10.3 Å². The SMILES string of the molecule is Cn1nnnc1NCCn1ccnn1. The largest absolute Gasteiger partial charge is 0.351 e. The van der Waals surface area contributed by atoms with Crippen LogP contribution in [0, 0.1) is 0 Å². The van der Waals surface area contributed by atoms with Crippen LogP contribution >= 0.6 is 0 Å². The first kappa shape index (κ1) is 8.60. The highest BCUT2D eigenvalue weighted by molar-refractivity contribution is 5.20. The van der Waals surface area contributed by atoms with E-state index in [9.17, 15) is 0 Å². The summed E-state index contributed by atoms with van der Waals surface area (Å²) >= 11 is 0. The highest BCUT2D eigenvalue weighted by Crippen LogP contribution is 1.94. The Balaban J connectivity index is 1.81. The molecule has 2 rings (SSSR count). The first-order valence-corrected chi connectivity index (χ1v) is 4.16. The molecule has 0 amide bonds. The van der Waals surface area contributed by atoms with Gasteiger partial charge in [0, 0.05) is 19.8 Å². The van der Waals surface area contributed by atoms with Crippen molar-refractivity contribution in [3.8, 4) is 0 Å². The first-order chi connectivity index (χ1) is 6.86. The van der Waals surface area contributed by atoms with Crippen LogP contribution in [0.25, 0.3) is 0 Å². The maximum Gasteiger partial charge on any atom is 0.242 e. The highest BCUT2D eigenvalue weighted by Gasteiger charge is 1.99. The minimum atomic E-state index is 0.644. The van der Waals surface area contributed by atoms with E-state index in [2.05, 4.69) is 31.2 Å². The lowest BCUT2D eigenvalue weighted by Gasteiger charge is -2.02. The average molecular weight is 194 g/mol. The fraction of sp³-hybridized carbons (Fsp3) is 0.500. The second kappa shape index (κ2) is 3.81. The number of nitrogens with zero attached hydrogens (tertiary/aromatic N) is 7. The molecule has 2 aromatic rings. The molecule has 0 bridgehead atoms. The molecule has 2 aromatic heterocycles. The Bertz CT molecular complexity index is 376. The molecule has 0 aromatic carbocycles. The molecule has 1 N–H and O–H groups in total. The smallest absolute Gasteiger partial charge is 0.242 e. The van der Waals surface area contributed by atoms with E-state index in [0.717, 1.165) is 6.54 Å². The van der Waals surface area contributed by atoms with Gasteiger partial charge in [-0.15, -0.1) is 5.10 Å². The van der Waals surface area contributed by atoms with Crippen molar-refractivity contribution in [2.45, 2.75) is 6.54 Å². The van der Waals surface area contributed by atoms with Crippen molar-refractivity contribution < 1.29 is 0 Å². The van der Waals surface area contributed by atoms with Crippen molar-refractivity contribution in [1.29, 1.82) is 0 Å². The predicted molar refractivity (Wildman–Crippen MR) is 47.3 cm³/mol. The molecule has 8 heteroatoms. The van der Waals surface area contributed by atoms with Crippen LogP contribution in [0.3, 0.4) is 0 Å². The monoisotopic (exact) mass is 194 g/mol. The molecule has 14 heavy (non-hydrogen) atoms. The Morgan fingerprint density at radius 1 is 1.43 bits per heavy atom. The highest BCUT2D eigenvalue weighted by atomic mass is 15.6. The fourth-order valence-electron chi connectivity index (χ4n) is 1.01. The van der Waals surface area contributed by atoms with Gasteiger partial charge >= 0.3 is 0 Å². The Kier molecular flexibility index (Phi) is 2.34. The molecule has 0 radical (unpaired) electrons. The zero-order valence-electron chi connectivity index (χ0n) is 7.70. The maximum atomic E-state index is 3.83. The van der Waals surface area contributed by atoms with E-state index in [-0.39, 0.29) is 0 Å². The van der Waals surface area contributed by atoms with Gasteiger partial charge in [0.05, 0.1) is 12.7 Å². The Morgan fingerprint density at radius 3 is 3.00 bits per heavy atom. The van der Waals surface area contributed by atoms with Crippen molar-refractivity contribution >= 4 is 5.95 Å². The van der Waals surface area contributed by atoms with Gasteiger partial charge in [0.1, 0.15) is 0 Å². The van der Waals surface area contributed by atoms with Crippen LogP contribution in [-0.4, -0.2) is 41.7 Å². The van der Waals surface area contributed by atoms with E-state index in [1.165, 1.54) is 0 Å². The lowest BCUT2D eigenvalue weighted by Crippen LogP contribution is -2.13. The van der Waals surface area contributed by atoms with Crippen LogP contribution in [0.1, 0.15) is 0 Å². The number of hydrogen-bond donors (Lipinski definition) is 1. The van der Waals surface area contributed by atoms with E-state index in [4.69, 9.17) is 0 Å². The molecule has 0 saturated heterocycles. The predicted octanol–water partition coefficient (Wildman–Crippen LogP) is -1.09. The third-order valence-electron chi connectivity index (χ3n) is 1.72. The summed E-state index contributed by atoms with van der Waals surface area (Å²) in [5.41, 5.74) is 0. The zero-order chi connectivity index (χ0) is 9.80. The van der Waals surface area contributed by atoms with Crippen LogP contribution in [-0.2, 0) is 13.6 Å². The van der Waals surface area contributed by atoms with Crippen LogP contribution in [0.5, 0.6) is 0 Å². The summed E-state index contributed by atoms with van der Waals surface area (Å²) in [5, 5.41) is 21.6. The van der Waals surface area contributed by atoms with Gasteiger partial charge in [0.25, 0.3) is 0 Å². The normalized spacial score (nSPS) is 10.4. The van der Waals surface area contributed by atoms with Gasteiger partial charge in [0.15, 0.2) is 0 Å². The Morgan fingerprint density at radius 2 is 2.36 bits per heavy atom. The van der Waals surface area contributed by atoms with Gasteiger partial charge < -0.3 is 5.32 Å². The molecular weight excluding hydrogens is 184 g/mol.